The second kappa shape index (κ2) is 9.65. The standard InChI is InChI=1S/C20H24F3N3O4S/c1-4-26(5-2)31(29,30)17-10-11-19(28)25(12-17)13-18(27)24-14(3)15-6-8-16(9-7-15)20(21,22)23/h6-12,14H,4-5,13H2,1-3H3,(H,24,27). The van der Waals surface area contributed by atoms with Crippen molar-refractivity contribution in [2.75, 3.05) is 13.1 Å². The maximum absolute atomic E-state index is 12.7. The Hall–Kier alpha value is -2.66. The first kappa shape index (κ1) is 24.6. The zero-order chi connectivity index (χ0) is 23.4. The van der Waals surface area contributed by atoms with Crippen molar-refractivity contribution in [3.63, 3.8) is 0 Å². The van der Waals surface area contributed by atoms with E-state index in [1.165, 1.54) is 22.5 Å². The molecule has 170 valence electrons. The third kappa shape index (κ3) is 5.95. The minimum atomic E-state index is -4.46. The molecule has 1 atom stereocenters. The first-order chi connectivity index (χ1) is 14.4. The van der Waals surface area contributed by atoms with Crippen LogP contribution < -0.4 is 10.9 Å². The van der Waals surface area contributed by atoms with Gasteiger partial charge in [0.15, 0.2) is 0 Å². The first-order valence-corrected chi connectivity index (χ1v) is 11.0. The van der Waals surface area contributed by atoms with Crippen molar-refractivity contribution >= 4 is 15.9 Å². The van der Waals surface area contributed by atoms with E-state index in [0.29, 0.717) is 5.56 Å². The summed E-state index contributed by atoms with van der Waals surface area (Å²) in [5.74, 6) is -0.591. The molecule has 0 spiro atoms. The molecule has 0 saturated heterocycles. The lowest BCUT2D eigenvalue weighted by molar-refractivity contribution is -0.137. The van der Waals surface area contributed by atoms with Crippen LogP contribution in [0.4, 0.5) is 13.2 Å². The van der Waals surface area contributed by atoms with Crippen LogP contribution >= 0.6 is 0 Å². The van der Waals surface area contributed by atoms with Gasteiger partial charge in [-0.05, 0) is 30.7 Å². The summed E-state index contributed by atoms with van der Waals surface area (Å²) in [6, 6.07) is 6.01. The molecular weight excluding hydrogens is 435 g/mol. The molecule has 0 aliphatic heterocycles. The molecule has 0 fully saturated rings. The van der Waals surface area contributed by atoms with Gasteiger partial charge in [0.1, 0.15) is 6.54 Å². The zero-order valence-electron chi connectivity index (χ0n) is 17.3. The van der Waals surface area contributed by atoms with Crippen LogP contribution in [0.15, 0.2) is 52.3 Å². The van der Waals surface area contributed by atoms with E-state index in [9.17, 15) is 31.2 Å². The van der Waals surface area contributed by atoms with Gasteiger partial charge in [0.2, 0.25) is 15.9 Å². The minimum Gasteiger partial charge on any atom is -0.348 e. The van der Waals surface area contributed by atoms with E-state index in [4.69, 9.17) is 0 Å². The van der Waals surface area contributed by atoms with Crippen molar-refractivity contribution in [3.8, 4) is 0 Å². The summed E-state index contributed by atoms with van der Waals surface area (Å²) in [5, 5.41) is 2.59. The molecule has 2 rings (SSSR count). The highest BCUT2D eigenvalue weighted by molar-refractivity contribution is 7.89. The number of halogens is 3. The minimum absolute atomic E-state index is 0.112. The highest BCUT2D eigenvalue weighted by atomic mass is 32.2. The molecule has 0 radical (unpaired) electrons. The van der Waals surface area contributed by atoms with Crippen LogP contribution in [-0.2, 0) is 27.5 Å². The van der Waals surface area contributed by atoms with Crippen molar-refractivity contribution < 1.29 is 26.4 Å². The lowest BCUT2D eigenvalue weighted by Crippen LogP contribution is -2.35. The molecule has 0 saturated carbocycles. The largest absolute Gasteiger partial charge is 0.416 e. The Morgan fingerprint density at radius 2 is 1.68 bits per heavy atom. The van der Waals surface area contributed by atoms with Crippen LogP contribution in [0.25, 0.3) is 0 Å². The number of hydrogen-bond acceptors (Lipinski definition) is 4. The normalized spacial score (nSPS) is 13.3. The first-order valence-electron chi connectivity index (χ1n) is 9.57. The summed E-state index contributed by atoms with van der Waals surface area (Å²) in [7, 11) is -3.81. The Morgan fingerprint density at radius 1 is 1.10 bits per heavy atom. The van der Waals surface area contributed by atoms with Crippen molar-refractivity contribution in [2.45, 2.75) is 44.4 Å². The number of nitrogens with zero attached hydrogens (tertiary/aromatic N) is 2. The van der Waals surface area contributed by atoms with Crippen molar-refractivity contribution in [1.82, 2.24) is 14.2 Å². The predicted octanol–water partition coefficient (Wildman–Crippen LogP) is 2.78. The maximum Gasteiger partial charge on any atom is 0.416 e. The lowest BCUT2D eigenvalue weighted by atomic mass is 10.1. The number of alkyl halides is 3. The van der Waals surface area contributed by atoms with Gasteiger partial charge in [-0.15, -0.1) is 0 Å². The van der Waals surface area contributed by atoms with E-state index in [1.807, 2.05) is 0 Å². The van der Waals surface area contributed by atoms with E-state index in [2.05, 4.69) is 5.32 Å². The Bertz CT molecular complexity index is 1080. The molecular formula is C20H24F3N3O4S. The molecule has 31 heavy (non-hydrogen) atoms. The summed E-state index contributed by atoms with van der Waals surface area (Å²) in [6.07, 6.45) is -3.35. The molecule has 11 heteroatoms. The number of carbonyl (C=O) groups is 1. The topological polar surface area (TPSA) is 88.5 Å². The van der Waals surface area contributed by atoms with Crippen molar-refractivity contribution in [3.05, 3.63) is 64.1 Å². The fourth-order valence-corrected chi connectivity index (χ4v) is 4.46. The smallest absolute Gasteiger partial charge is 0.348 e. The number of benzene rings is 1. The van der Waals surface area contributed by atoms with Gasteiger partial charge in [0, 0.05) is 25.4 Å². The maximum atomic E-state index is 12.7. The number of nitrogens with one attached hydrogen (secondary N) is 1. The molecule has 1 unspecified atom stereocenters. The van der Waals surface area contributed by atoms with Crippen LogP contribution in [0, 0.1) is 0 Å². The fraction of sp³-hybridized carbons (Fsp3) is 0.400. The Morgan fingerprint density at radius 3 is 2.19 bits per heavy atom. The second-order valence-electron chi connectivity index (χ2n) is 6.83. The Kier molecular flexibility index (Phi) is 7.66. The number of carbonyl (C=O) groups excluding carboxylic acids is 1. The van der Waals surface area contributed by atoms with Crippen LogP contribution in [0.2, 0.25) is 0 Å². The van der Waals surface area contributed by atoms with Gasteiger partial charge >= 0.3 is 6.18 Å². The molecule has 0 aliphatic carbocycles. The van der Waals surface area contributed by atoms with E-state index in [1.54, 1.807) is 20.8 Å². The monoisotopic (exact) mass is 459 g/mol. The van der Waals surface area contributed by atoms with E-state index < -0.39 is 45.8 Å². The van der Waals surface area contributed by atoms with Crippen LogP contribution in [0.1, 0.15) is 37.9 Å². The SMILES string of the molecule is CCN(CC)S(=O)(=O)c1ccc(=O)n(CC(=O)NC(C)c2ccc(C(F)(F)F)cc2)c1. The third-order valence-electron chi connectivity index (χ3n) is 4.73. The van der Waals surface area contributed by atoms with Gasteiger partial charge in [0.25, 0.3) is 5.56 Å². The number of amides is 1. The quantitative estimate of drug-likeness (QED) is 0.658. The number of sulfonamides is 1. The number of hydrogen-bond donors (Lipinski definition) is 1. The predicted molar refractivity (Wildman–Crippen MR) is 109 cm³/mol. The van der Waals surface area contributed by atoms with Crippen molar-refractivity contribution in [2.24, 2.45) is 0 Å². The van der Waals surface area contributed by atoms with Crippen LogP contribution in [-0.4, -0.2) is 36.3 Å². The van der Waals surface area contributed by atoms with Gasteiger partial charge in [-0.1, -0.05) is 26.0 Å². The second-order valence-corrected chi connectivity index (χ2v) is 8.77. The number of pyridine rings is 1. The molecule has 1 aromatic heterocycles. The van der Waals surface area contributed by atoms with E-state index in [-0.39, 0.29) is 18.0 Å². The zero-order valence-corrected chi connectivity index (χ0v) is 18.1. The third-order valence-corrected chi connectivity index (χ3v) is 6.76. The van der Waals surface area contributed by atoms with Crippen LogP contribution in [0.5, 0.6) is 0 Å². The molecule has 0 bridgehead atoms. The number of rotatable bonds is 8. The molecule has 1 N–H and O–H groups in total. The number of aromatic nitrogens is 1. The van der Waals surface area contributed by atoms with Gasteiger partial charge in [-0.2, -0.15) is 17.5 Å². The molecule has 1 heterocycles. The highest BCUT2D eigenvalue weighted by Crippen LogP contribution is 2.29. The molecule has 1 aromatic carbocycles. The Labute approximate surface area is 178 Å². The average molecular weight is 459 g/mol. The van der Waals surface area contributed by atoms with E-state index >= 15 is 0 Å². The highest BCUT2D eigenvalue weighted by Gasteiger charge is 2.30. The summed E-state index contributed by atoms with van der Waals surface area (Å²) in [5.41, 5.74) is -0.907. The average Bonchev–Trinajstić information content (AvgIpc) is 2.69. The van der Waals surface area contributed by atoms with Gasteiger partial charge in [-0.25, -0.2) is 8.42 Å². The molecule has 2 aromatic rings. The van der Waals surface area contributed by atoms with Crippen LogP contribution in [0.3, 0.4) is 0 Å². The summed E-state index contributed by atoms with van der Waals surface area (Å²) in [6.45, 7) is 5.03. The van der Waals surface area contributed by atoms with E-state index in [0.717, 1.165) is 29.0 Å². The summed E-state index contributed by atoms with van der Waals surface area (Å²) in [4.78, 5) is 24.4. The molecule has 0 aliphatic rings. The Balaban J connectivity index is 2.16. The van der Waals surface area contributed by atoms with Gasteiger partial charge < -0.3 is 9.88 Å². The van der Waals surface area contributed by atoms with Gasteiger partial charge in [-0.3, -0.25) is 9.59 Å². The molecule has 1 amide bonds. The molecule has 7 nitrogen and oxygen atoms in total. The fourth-order valence-electron chi connectivity index (χ4n) is 2.98. The van der Waals surface area contributed by atoms with Crippen molar-refractivity contribution in [1.29, 1.82) is 0 Å². The van der Waals surface area contributed by atoms with Gasteiger partial charge in [0.05, 0.1) is 16.5 Å². The lowest BCUT2D eigenvalue weighted by Gasteiger charge is -2.19. The summed E-state index contributed by atoms with van der Waals surface area (Å²) < 4.78 is 65.5. The summed E-state index contributed by atoms with van der Waals surface area (Å²) >= 11 is 0.